The van der Waals surface area contributed by atoms with Crippen LogP contribution in [-0.4, -0.2) is 17.0 Å². The lowest BCUT2D eigenvalue weighted by molar-refractivity contribution is -0.495. The number of nitrogens with zero attached hydrogens (tertiary/aromatic N) is 1. The highest BCUT2D eigenvalue weighted by atomic mass is 17.5. The number of nitrogens with two attached hydrogens (primary N) is 2. The van der Waals surface area contributed by atoms with Gasteiger partial charge in [-0.15, -0.1) is 0 Å². The van der Waals surface area contributed by atoms with Crippen LogP contribution in [0.2, 0.25) is 0 Å². The Bertz CT molecular complexity index is 127. The zero-order valence-corrected chi connectivity index (χ0v) is 6.06. The van der Waals surface area contributed by atoms with Crippen molar-refractivity contribution >= 4 is 0 Å². The van der Waals surface area contributed by atoms with Crippen LogP contribution in [0.1, 0.15) is 6.92 Å². The van der Waals surface area contributed by atoms with Crippen molar-refractivity contribution in [2.75, 3.05) is 6.61 Å². The Morgan fingerprint density at radius 1 is 1.73 bits per heavy atom. The summed E-state index contributed by atoms with van der Waals surface area (Å²) in [5, 5.41) is 12.6. The molecule has 0 amide bonds. The summed E-state index contributed by atoms with van der Waals surface area (Å²) < 4.78 is 0. The summed E-state index contributed by atoms with van der Waals surface area (Å²) in [6, 6.07) is 0. The molecule has 0 aromatic heterocycles. The third-order valence-corrected chi connectivity index (χ3v) is 0.556. The lowest BCUT2D eigenvalue weighted by atomic mass is 10.9. The van der Waals surface area contributed by atoms with Crippen molar-refractivity contribution in [1.82, 2.24) is 5.17 Å². The molecule has 0 aromatic carbocycles. The smallest absolute Gasteiger partial charge is 0.251 e. The summed E-state index contributed by atoms with van der Waals surface area (Å²) >= 11 is 0. The van der Waals surface area contributed by atoms with E-state index in [1.165, 1.54) is 0 Å². The highest BCUT2D eigenvalue weighted by molar-refractivity contribution is 4.79. The Hall–Kier alpha value is -1.02. The fourth-order valence-corrected chi connectivity index (χ4v) is 0.263. The Labute approximate surface area is 63.5 Å². The molecule has 0 aliphatic carbocycles. The van der Waals surface area contributed by atoms with E-state index in [2.05, 4.69) is 14.8 Å². The van der Waals surface area contributed by atoms with Crippen molar-refractivity contribution in [1.29, 1.82) is 0 Å². The quantitative estimate of drug-likeness (QED) is 0.161. The summed E-state index contributed by atoms with van der Waals surface area (Å²) in [6.45, 7) is 2.02. The van der Waals surface area contributed by atoms with Gasteiger partial charge < -0.3 is 5.73 Å². The zero-order chi connectivity index (χ0) is 8.69. The first-order valence-corrected chi connectivity index (χ1v) is 2.83. The Morgan fingerprint density at radius 2 is 2.36 bits per heavy atom. The van der Waals surface area contributed by atoms with Gasteiger partial charge in [-0.2, -0.15) is 10.1 Å². The normalized spacial score (nSPS) is 11.4. The molecule has 0 aliphatic heterocycles. The molecular formula is C4H11N3O4. The summed E-state index contributed by atoms with van der Waals surface area (Å²) in [7, 11) is 0. The molecule has 0 radical (unpaired) electrons. The van der Waals surface area contributed by atoms with Gasteiger partial charge in [0.05, 0.1) is 6.61 Å². The molecule has 0 atom stereocenters. The summed E-state index contributed by atoms with van der Waals surface area (Å²) in [5.74, 6) is 4.52. The fourth-order valence-electron chi connectivity index (χ4n) is 0.263. The minimum atomic E-state index is -0.233. The van der Waals surface area contributed by atoms with Crippen LogP contribution in [0.5, 0.6) is 0 Å². The van der Waals surface area contributed by atoms with Crippen LogP contribution < -0.4 is 11.6 Å². The van der Waals surface area contributed by atoms with Crippen LogP contribution in [-0.2, 0) is 14.8 Å². The van der Waals surface area contributed by atoms with E-state index in [4.69, 9.17) is 16.8 Å². The van der Waals surface area contributed by atoms with Gasteiger partial charge in [-0.3, -0.25) is 10.1 Å². The third kappa shape index (κ3) is 6.87. The van der Waals surface area contributed by atoms with E-state index in [0.29, 0.717) is 6.61 Å². The Morgan fingerprint density at radius 3 is 2.82 bits per heavy atom. The number of hydrazine groups is 1. The second-order valence-corrected chi connectivity index (χ2v) is 1.47. The molecular weight excluding hydrogens is 154 g/mol. The maximum atomic E-state index is 8.36. The lowest BCUT2D eigenvalue weighted by Gasteiger charge is -2.04. The van der Waals surface area contributed by atoms with Crippen molar-refractivity contribution in [3.63, 3.8) is 0 Å². The van der Waals surface area contributed by atoms with Crippen LogP contribution in [0.25, 0.3) is 0 Å². The second-order valence-electron chi connectivity index (χ2n) is 1.47. The number of rotatable bonds is 5. The van der Waals surface area contributed by atoms with Gasteiger partial charge >= 0.3 is 0 Å². The molecule has 7 nitrogen and oxygen atoms in total. The van der Waals surface area contributed by atoms with E-state index in [0.717, 1.165) is 6.20 Å². The molecule has 0 aromatic rings. The second kappa shape index (κ2) is 5.74. The molecule has 11 heavy (non-hydrogen) atoms. The molecule has 0 heterocycles. The Balaban J connectivity index is 3.43. The molecule has 5 N–H and O–H groups in total. The lowest BCUT2D eigenvalue weighted by Crippen LogP contribution is -2.22. The largest absolute Gasteiger partial charge is 0.366 e. The molecule has 0 fully saturated rings. The third-order valence-electron chi connectivity index (χ3n) is 0.556. The van der Waals surface area contributed by atoms with E-state index >= 15 is 0 Å². The van der Waals surface area contributed by atoms with Crippen LogP contribution in [0.3, 0.4) is 0 Å². The first-order valence-electron chi connectivity index (χ1n) is 2.83. The maximum absolute atomic E-state index is 8.36. The SMILES string of the molecule is CCOOO/C(N)=C/N(N)O. The summed E-state index contributed by atoms with van der Waals surface area (Å²) in [5.41, 5.74) is 5.07. The minimum absolute atomic E-state index is 0.227. The van der Waals surface area contributed by atoms with Crippen molar-refractivity contribution in [3.8, 4) is 0 Å². The highest BCUT2D eigenvalue weighted by Crippen LogP contribution is 1.89. The van der Waals surface area contributed by atoms with Gasteiger partial charge in [0, 0.05) is 0 Å². The molecule has 7 heteroatoms. The van der Waals surface area contributed by atoms with Crippen LogP contribution in [0, 0.1) is 0 Å². The van der Waals surface area contributed by atoms with E-state index in [1.807, 2.05) is 0 Å². The highest BCUT2D eigenvalue weighted by Gasteiger charge is 1.93. The molecule has 0 unspecified atom stereocenters. The van der Waals surface area contributed by atoms with Gasteiger partial charge in [0.1, 0.15) is 6.20 Å². The monoisotopic (exact) mass is 165 g/mol. The van der Waals surface area contributed by atoms with Crippen molar-refractivity contribution < 1.29 is 20.0 Å². The molecule has 0 saturated carbocycles. The fraction of sp³-hybridized carbons (Fsp3) is 0.500. The molecule has 0 bridgehead atoms. The van der Waals surface area contributed by atoms with E-state index < -0.39 is 0 Å². The van der Waals surface area contributed by atoms with Gasteiger partial charge in [0.25, 0.3) is 5.88 Å². The standard InChI is InChI=1S/C4H11N3O4/c1-2-9-11-10-4(5)3-7(6)8/h3,8H,2,5-6H2,1H3/b4-3+. The minimum Gasteiger partial charge on any atom is -0.366 e. The summed E-state index contributed by atoms with van der Waals surface area (Å²) in [6.07, 6.45) is 0.888. The van der Waals surface area contributed by atoms with Gasteiger partial charge in [0.15, 0.2) is 0 Å². The number of hydrogen-bond acceptors (Lipinski definition) is 7. The molecule has 0 aliphatic rings. The topological polar surface area (TPSA) is 103 Å². The van der Waals surface area contributed by atoms with Gasteiger partial charge in [-0.1, -0.05) is 0 Å². The molecule has 0 saturated heterocycles. The van der Waals surface area contributed by atoms with Crippen molar-refractivity contribution in [3.05, 3.63) is 12.1 Å². The zero-order valence-electron chi connectivity index (χ0n) is 6.06. The first kappa shape index (κ1) is 9.98. The predicted octanol–water partition coefficient (Wildman–Crippen LogP) is -0.791. The van der Waals surface area contributed by atoms with E-state index in [9.17, 15) is 0 Å². The number of hydroxylamine groups is 1. The van der Waals surface area contributed by atoms with Crippen molar-refractivity contribution in [2.45, 2.75) is 6.92 Å². The number of hydrogen-bond donors (Lipinski definition) is 3. The van der Waals surface area contributed by atoms with Crippen molar-refractivity contribution in [2.24, 2.45) is 11.6 Å². The van der Waals surface area contributed by atoms with Crippen LogP contribution in [0.15, 0.2) is 12.1 Å². The average Bonchev–Trinajstić information content (AvgIpc) is 1.86. The molecule has 66 valence electrons. The summed E-state index contributed by atoms with van der Waals surface area (Å²) in [4.78, 5) is 8.53. The van der Waals surface area contributed by atoms with E-state index in [-0.39, 0.29) is 11.1 Å². The Kier molecular flexibility index (Phi) is 5.21. The van der Waals surface area contributed by atoms with Gasteiger partial charge in [-0.05, 0) is 12.0 Å². The van der Waals surface area contributed by atoms with E-state index in [1.54, 1.807) is 6.92 Å². The van der Waals surface area contributed by atoms with Crippen LogP contribution >= 0.6 is 0 Å². The first-order chi connectivity index (χ1) is 5.16. The van der Waals surface area contributed by atoms with Gasteiger partial charge in [0.2, 0.25) is 0 Å². The predicted molar refractivity (Wildman–Crippen MR) is 33.9 cm³/mol. The molecule has 0 rings (SSSR count). The van der Waals surface area contributed by atoms with Gasteiger partial charge in [-0.25, -0.2) is 5.84 Å². The molecule has 0 spiro atoms. The average molecular weight is 165 g/mol. The maximum Gasteiger partial charge on any atom is 0.251 e. The van der Waals surface area contributed by atoms with Crippen LogP contribution in [0.4, 0.5) is 0 Å².